The van der Waals surface area contributed by atoms with Gasteiger partial charge >= 0.3 is 5.69 Å². The predicted octanol–water partition coefficient (Wildman–Crippen LogP) is 3.75. The molecule has 0 aliphatic heterocycles. The number of nitrogens with zero attached hydrogens (tertiary/aromatic N) is 2. The lowest BCUT2D eigenvalue weighted by Crippen LogP contribution is -2.26. The molecule has 2 aromatic carbocycles. The van der Waals surface area contributed by atoms with Crippen molar-refractivity contribution in [1.82, 2.24) is 9.55 Å². The Hall–Kier alpha value is -2.17. The molecule has 0 N–H and O–H groups in total. The quantitative estimate of drug-likeness (QED) is 0.670. The number of ether oxygens (including phenoxy) is 1. The van der Waals surface area contributed by atoms with E-state index in [9.17, 15) is 4.79 Å². The summed E-state index contributed by atoms with van der Waals surface area (Å²) in [7, 11) is 0. The molecule has 0 saturated heterocycles. The molecule has 5 heteroatoms. The average molecular weight is 329 g/mol. The summed E-state index contributed by atoms with van der Waals surface area (Å²) >= 11 is 6.16. The van der Waals surface area contributed by atoms with E-state index < -0.39 is 0 Å². The average Bonchev–Trinajstić information content (AvgIpc) is 2.57. The molecule has 118 valence electrons. The fourth-order valence-corrected chi connectivity index (χ4v) is 2.76. The Morgan fingerprint density at radius 2 is 1.96 bits per heavy atom. The topological polar surface area (TPSA) is 44.1 Å². The molecular weight excluding hydrogens is 312 g/mol. The molecule has 0 atom stereocenters. The van der Waals surface area contributed by atoms with Crippen LogP contribution < -0.4 is 5.69 Å². The summed E-state index contributed by atoms with van der Waals surface area (Å²) in [6.45, 7) is 3.48. The van der Waals surface area contributed by atoms with E-state index in [0.29, 0.717) is 30.5 Å². The number of hydrogen-bond donors (Lipinski definition) is 0. The normalized spacial score (nSPS) is 11.0. The zero-order chi connectivity index (χ0) is 16.2. The van der Waals surface area contributed by atoms with Crippen molar-refractivity contribution in [2.24, 2.45) is 0 Å². The fraction of sp³-hybridized carbons (Fsp3) is 0.222. The minimum Gasteiger partial charge on any atom is -0.380 e. The Balaban J connectivity index is 2.21. The van der Waals surface area contributed by atoms with Crippen LogP contribution >= 0.6 is 11.6 Å². The first kappa shape index (κ1) is 15.7. The van der Waals surface area contributed by atoms with Crippen LogP contribution in [0.3, 0.4) is 0 Å². The zero-order valence-electron chi connectivity index (χ0n) is 12.8. The van der Waals surface area contributed by atoms with E-state index in [-0.39, 0.29) is 5.69 Å². The highest BCUT2D eigenvalue weighted by atomic mass is 35.5. The summed E-state index contributed by atoms with van der Waals surface area (Å²) in [5.41, 5.74) is 2.08. The van der Waals surface area contributed by atoms with Gasteiger partial charge in [0.2, 0.25) is 0 Å². The van der Waals surface area contributed by atoms with Crippen LogP contribution in [0.5, 0.6) is 0 Å². The summed E-state index contributed by atoms with van der Waals surface area (Å²) in [6.07, 6.45) is 0. The Morgan fingerprint density at radius 1 is 1.17 bits per heavy atom. The van der Waals surface area contributed by atoms with Gasteiger partial charge < -0.3 is 4.74 Å². The third kappa shape index (κ3) is 3.28. The van der Waals surface area contributed by atoms with Gasteiger partial charge in [-0.1, -0.05) is 41.9 Å². The van der Waals surface area contributed by atoms with Crippen molar-refractivity contribution in [1.29, 1.82) is 0 Å². The Bertz CT molecular complexity index is 875. The van der Waals surface area contributed by atoms with Crippen LogP contribution in [0.25, 0.3) is 22.2 Å². The predicted molar refractivity (Wildman–Crippen MR) is 92.9 cm³/mol. The minimum absolute atomic E-state index is 0.279. The maximum absolute atomic E-state index is 12.5. The van der Waals surface area contributed by atoms with Crippen molar-refractivity contribution in [3.63, 3.8) is 0 Å². The van der Waals surface area contributed by atoms with E-state index in [2.05, 4.69) is 4.98 Å². The summed E-state index contributed by atoms with van der Waals surface area (Å²) < 4.78 is 7.00. The van der Waals surface area contributed by atoms with Crippen molar-refractivity contribution in [2.75, 3.05) is 13.2 Å². The van der Waals surface area contributed by atoms with Crippen LogP contribution in [0.15, 0.2) is 53.3 Å². The van der Waals surface area contributed by atoms with E-state index in [1.165, 1.54) is 0 Å². The molecule has 1 aromatic heterocycles. The lowest BCUT2D eigenvalue weighted by molar-refractivity contribution is 0.139. The molecule has 0 spiro atoms. The molecule has 0 saturated carbocycles. The van der Waals surface area contributed by atoms with E-state index in [1.54, 1.807) is 10.6 Å². The first-order valence-electron chi connectivity index (χ1n) is 7.54. The molecule has 3 rings (SSSR count). The SMILES string of the molecule is CCOCCn1c(=O)nc(-c2ccccc2)c2cc(Cl)ccc21. The van der Waals surface area contributed by atoms with Crippen molar-refractivity contribution in [3.05, 3.63) is 64.0 Å². The van der Waals surface area contributed by atoms with Gasteiger partial charge in [-0.15, -0.1) is 0 Å². The third-order valence-electron chi connectivity index (χ3n) is 3.65. The number of fused-ring (bicyclic) bond motifs is 1. The number of hydrogen-bond acceptors (Lipinski definition) is 3. The van der Waals surface area contributed by atoms with Crippen LogP contribution in [0.4, 0.5) is 0 Å². The molecule has 0 unspecified atom stereocenters. The van der Waals surface area contributed by atoms with Gasteiger partial charge in [0, 0.05) is 22.6 Å². The van der Waals surface area contributed by atoms with Crippen molar-refractivity contribution >= 4 is 22.5 Å². The van der Waals surface area contributed by atoms with Gasteiger partial charge in [-0.3, -0.25) is 4.57 Å². The highest BCUT2D eigenvalue weighted by Crippen LogP contribution is 2.27. The molecular formula is C18H17ClN2O2. The lowest BCUT2D eigenvalue weighted by atomic mass is 10.1. The first-order chi connectivity index (χ1) is 11.2. The number of halogens is 1. The smallest absolute Gasteiger partial charge is 0.348 e. The molecule has 0 fully saturated rings. The van der Waals surface area contributed by atoms with E-state index in [0.717, 1.165) is 16.5 Å². The monoisotopic (exact) mass is 328 g/mol. The molecule has 0 aliphatic rings. The van der Waals surface area contributed by atoms with Gasteiger partial charge in [0.1, 0.15) is 0 Å². The highest BCUT2D eigenvalue weighted by Gasteiger charge is 2.12. The molecule has 0 radical (unpaired) electrons. The second kappa shape index (κ2) is 6.94. The van der Waals surface area contributed by atoms with E-state index in [1.807, 2.05) is 49.4 Å². The van der Waals surface area contributed by atoms with Gasteiger partial charge in [0.05, 0.1) is 24.4 Å². The van der Waals surface area contributed by atoms with Gasteiger partial charge in [-0.05, 0) is 25.1 Å². The summed E-state index contributed by atoms with van der Waals surface area (Å²) in [5, 5.41) is 1.48. The molecule has 0 bridgehead atoms. The van der Waals surface area contributed by atoms with Gasteiger partial charge in [0.25, 0.3) is 0 Å². The standard InChI is InChI=1S/C18H17ClN2O2/c1-2-23-11-10-21-16-9-8-14(19)12-15(16)17(20-18(21)22)13-6-4-3-5-7-13/h3-9,12H,2,10-11H2,1H3. The van der Waals surface area contributed by atoms with Crippen LogP contribution in [0.1, 0.15) is 6.92 Å². The van der Waals surface area contributed by atoms with Gasteiger partial charge in [-0.25, -0.2) is 4.79 Å². The minimum atomic E-state index is -0.279. The second-order valence-corrected chi connectivity index (χ2v) is 5.56. The van der Waals surface area contributed by atoms with Crippen molar-refractivity contribution in [3.8, 4) is 11.3 Å². The van der Waals surface area contributed by atoms with Crippen LogP contribution in [-0.4, -0.2) is 22.8 Å². The molecule has 3 aromatic rings. The zero-order valence-corrected chi connectivity index (χ0v) is 13.6. The largest absolute Gasteiger partial charge is 0.380 e. The first-order valence-corrected chi connectivity index (χ1v) is 7.91. The summed E-state index contributed by atoms with van der Waals surface area (Å²) in [4.78, 5) is 16.8. The van der Waals surface area contributed by atoms with Crippen LogP contribution in [0.2, 0.25) is 5.02 Å². The summed E-state index contributed by atoms with van der Waals surface area (Å²) in [6, 6.07) is 15.2. The highest BCUT2D eigenvalue weighted by molar-refractivity contribution is 6.31. The lowest BCUT2D eigenvalue weighted by Gasteiger charge is -2.13. The van der Waals surface area contributed by atoms with Crippen molar-refractivity contribution in [2.45, 2.75) is 13.5 Å². The molecule has 4 nitrogen and oxygen atoms in total. The number of aromatic nitrogens is 2. The molecule has 0 aliphatic carbocycles. The third-order valence-corrected chi connectivity index (χ3v) is 3.89. The van der Waals surface area contributed by atoms with E-state index >= 15 is 0 Å². The number of benzene rings is 2. The molecule has 1 heterocycles. The Morgan fingerprint density at radius 3 is 2.70 bits per heavy atom. The second-order valence-electron chi connectivity index (χ2n) is 5.12. The Labute approximate surface area is 139 Å². The van der Waals surface area contributed by atoms with E-state index in [4.69, 9.17) is 16.3 Å². The van der Waals surface area contributed by atoms with Crippen molar-refractivity contribution < 1.29 is 4.74 Å². The molecule has 23 heavy (non-hydrogen) atoms. The van der Waals surface area contributed by atoms with Gasteiger partial charge in [-0.2, -0.15) is 4.98 Å². The maximum atomic E-state index is 12.5. The maximum Gasteiger partial charge on any atom is 0.348 e. The molecule has 0 amide bonds. The van der Waals surface area contributed by atoms with Gasteiger partial charge in [0.15, 0.2) is 0 Å². The summed E-state index contributed by atoms with van der Waals surface area (Å²) in [5.74, 6) is 0. The Kier molecular flexibility index (Phi) is 4.74. The number of rotatable bonds is 5. The van der Waals surface area contributed by atoms with Crippen LogP contribution in [-0.2, 0) is 11.3 Å². The fourth-order valence-electron chi connectivity index (χ4n) is 2.58. The van der Waals surface area contributed by atoms with Crippen LogP contribution in [0, 0.1) is 0 Å².